The van der Waals surface area contributed by atoms with Crippen LogP contribution < -0.4 is 5.56 Å². The zero-order valence-corrected chi connectivity index (χ0v) is 15.5. The van der Waals surface area contributed by atoms with Crippen molar-refractivity contribution in [2.75, 3.05) is 13.6 Å². The number of amides is 1. The van der Waals surface area contributed by atoms with Gasteiger partial charge in [0.15, 0.2) is 0 Å². The van der Waals surface area contributed by atoms with Crippen LogP contribution in [0, 0.1) is 5.92 Å². The van der Waals surface area contributed by atoms with Crippen molar-refractivity contribution in [3.05, 3.63) is 39.6 Å². The molecule has 0 saturated carbocycles. The highest BCUT2D eigenvalue weighted by molar-refractivity contribution is 7.18. The number of nitrogens with zero attached hydrogens (tertiary/aromatic N) is 3. The number of hydrogen-bond acceptors (Lipinski definition) is 5. The molecular weight excluding hydrogens is 342 g/mol. The number of hydrogen-bond donors (Lipinski definition) is 0. The highest BCUT2D eigenvalue weighted by atomic mass is 32.1. The van der Waals surface area contributed by atoms with E-state index < -0.39 is 0 Å². The molecule has 0 saturated heterocycles. The van der Waals surface area contributed by atoms with Crippen LogP contribution in [0.4, 0.5) is 0 Å². The number of rotatable bonds is 5. The van der Waals surface area contributed by atoms with E-state index in [4.69, 9.17) is 0 Å². The quantitative estimate of drug-likeness (QED) is 0.701. The van der Waals surface area contributed by atoms with Crippen molar-refractivity contribution in [3.8, 4) is 10.4 Å². The molecule has 0 aliphatic heterocycles. The van der Waals surface area contributed by atoms with Gasteiger partial charge in [-0.05, 0) is 17.4 Å². The minimum Gasteiger partial charge on any atom is -0.344 e. The van der Waals surface area contributed by atoms with Gasteiger partial charge in [0, 0.05) is 29.4 Å². The SMILES string of the molecule is CC(C)CN(C)C(=O)Cn1cnc2scc(-c3cccs3)c2c1=O. The van der Waals surface area contributed by atoms with E-state index in [0.29, 0.717) is 22.7 Å². The summed E-state index contributed by atoms with van der Waals surface area (Å²) in [6.07, 6.45) is 1.47. The van der Waals surface area contributed by atoms with Crippen molar-refractivity contribution in [1.29, 1.82) is 0 Å². The van der Waals surface area contributed by atoms with E-state index in [0.717, 1.165) is 10.4 Å². The molecule has 24 heavy (non-hydrogen) atoms. The Kier molecular flexibility index (Phi) is 4.82. The molecular formula is C17H19N3O2S2. The number of carbonyl (C=O) groups is 1. The van der Waals surface area contributed by atoms with Crippen LogP contribution in [-0.4, -0.2) is 34.0 Å². The molecule has 5 nitrogen and oxygen atoms in total. The maximum absolute atomic E-state index is 12.8. The van der Waals surface area contributed by atoms with Crippen LogP contribution in [0.3, 0.4) is 0 Å². The van der Waals surface area contributed by atoms with Crippen LogP contribution in [0.2, 0.25) is 0 Å². The molecule has 0 aliphatic rings. The van der Waals surface area contributed by atoms with Gasteiger partial charge in [-0.1, -0.05) is 19.9 Å². The zero-order valence-electron chi connectivity index (χ0n) is 13.9. The monoisotopic (exact) mass is 361 g/mol. The molecule has 0 radical (unpaired) electrons. The van der Waals surface area contributed by atoms with E-state index in [1.807, 2.05) is 22.9 Å². The van der Waals surface area contributed by atoms with Crippen LogP contribution >= 0.6 is 22.7 Å². The summed E-state index contributed by atoms with van der Waals surface area (Å²) in [7, 11) is 1.76. The Balaban J connectivity index is 1.96. The molecule has 3 aromatic rings. The predicted octanol–water partition coefficient (Wildman–Crippen LogP) is 3.30. The highest BCUT2D eigenvalue weighted by Gasteiger charge is 2.16. The minimum atomic E-state index is -0.157. The van der Waals surface area contributed by atoms with E-state index in [1.54, 1.807) is 23.3 Å². The second-order valence-corrected chi connectivity index (χ2v) is 7.96. The summed E-state index contributed by atoms with van der Waals surface area (Å²) in [4.78, 5) is 33.0. The first kappa shape index (κ1) is 16.9. The first-order valence-corrected chi connectivity index (χ1v) is 9.47. The largest absolute Gasteiger partial charge is 0.344 e. The molecule has 0 unspecified atom stereocenters. The maximum atomic E-state index is 12.8. The zero-order chi connectivity index (χ0) is 17.3. The Labute approximate surface area is 148 Å². The average molecular weight is 361 g/mol. The summed E-state index contributed by atoms with van der Waals surface area (Å²) in [6.45, 7) is 4.80. The van der Waals surface area contributed by atoms with E-state index in [-0.39, 0.29) is 18.0 Å². The lowest BCUT2D eigenvalue weighted by atomic mass is 10.2. The molecule has 3 rings (SSSR count). The predicted molar refractivity (Wildman–Crippen MR) is 99.7 cm³/mol. The van der Waals surface area contributed by atoms with Crippen molar-refractivity contribution in [3.63, 3.8) is 0 Å². The molecule has 7 heteroatoms. The van der Waals surface area contributed by atoms with Gasteiger partial charge in [-0.25, -0.2) is 4.98 Å². The Morgan fingerprint density at radius 3 is 2.83 bits per heavy atom. The van der Waals surface area contributed by atoms with E-state index in [9.17, 15) is 9.59 Å². The molecule has 3 heterocycles. The lowest BCUT2D eigenvalue weighted by Crippen LogP contribution is -2.35. The van der Waals surface area contributed by atoms with Crippen molar-refractivity contribution < 1.29 is 4.79 Å². The standard InChI is InChI=1S/C17H19N3O2S2/c1-11(2)7-19(3)14(21)8-20-10-18-16-15(17(20)22)12(9-24-16)13-5-4-6-23-13/h4-6,9-11H,7-8H2,1-3H3. The topological polar surface area (TPSA) is 55.2 Å². The van der Waals surface area contributed by atoms with Gasteiger partial charge in [-0.15, -0.1) is 22.7 Å². The number of carbonyl (C=O) groups excluding carboxylic acids is 1. The van der Waals surface area contributed by atoms with Crippen LogP contribution in [-0.2, 0) is 11.3 Å². The average Bonchev–Trinajstić information content (AvgIpc) is 3.17. The molecule has 0 aromatic carbocycles. The van der Waals surface area contributed by atoms with Gasteiger partial charge >= 0.3 is 0 Å². The third kappa shape index (κ3) is 3.27. The van der Waals surface area contributed by atoms with Crippen molar-refractivity contribution in [2.24, 2.45) is 5.92 Å². The van der Waals surface area contributed by atoms with Gasteiger partial charge in [-0.3, -0.25) is 14.2 Å². The minimum absolute atomic E-state index is 0.0186. The molecule has 0 N–H and O–H groups in total. The Morgan fingerprint density at radius 2 is 2.17 bits per heavy atom. The van der Waals surface area contributed by atoms with Gasteiger partial charge < -0.3 is 4.90 Å². The summed E-state index contributed by atoms with van der Waals surface area (Å²) >= 11 is 3.05. The van der Waals surface area contributed by atoms with E-state index in [2.05, 4.69) is 18.8 Å². The molecule has 0 bridgehead atoms. The van der Waals surface area contributed by atoms with Crippen molar-refractivity contribution >= 4 is 38.8 Å². The normalized spacial score (nSPS) is 11.3. The van der Waals surface area contributed by atoms with Gasteiger partial charge in [0.1, 0.15) is 11.4 Å². The van der Waals surface area contributed by atoms with Crippen LogP contribution in [0.1, 0.15) is 13.8 Å². The molecule has 1 amide bonds. The molecule has 0 spiro atoms. The number of thiophene rings is 2. The Hall–Kier alpha value is -1.99. The summed E-state index contributed by atoms with van der Waals surface area (Å²) in [5.41, 5.74) is 0.746. The smallest absolute Gasteiger partial charge is 0.263 e. The van der Waals surface area contributed by atoms with Gasteiger partial charge in [0.05, 0.1) is 11.7 Å². The van der Waals surface area contributed by atoms with Gasteiger partial charge in [0.25, 0.3) is 5.56 Å². The molecule has 0 atom stereocenters. The number of fused-ring (bicyclic) bond motifs is 1. The van der Waals surface area contributed by atoms with E-state index >= 15 is 0 Å². The maximum Gasteiger partial charge on any atom is 0.263 e. The lowest BCUT2D eigenvalue weighted by molar-refractivity contribution is -0.131. The van der Waals surface area contributed by atoms with E-state index in [1.165, 1.54) is 22.2 Å². The molecule has 3 aromatic heterocycles. The van der Waals surface area contributed by atoms with Crippen LogP contribution in [0.15, 0.2) is 34.0 Å². The summed E-state index contributed by atoms with van der Waals surface area (Å²) in [5, 5.41) is 4.55. The number of aromatic nitrogens is 2. The fourth-order valence-corrected chi connectivity index (χ4v) is 4.33. The summed E-state index contributed by atoms with van der Waals surface area (Å²) in [6, 6.07) is 3.95. The number of likely N-dealkylation sites (N-methyl/N-ethyl adjacent to an activating group) is 1. The Bertz CT molecular complexity index is 910. The van der Waals surface area contributed by atoms with Crippen molar-refractivity contribution in [2.45, 2.75) is 20.4 Å². The highest BCUT2D eigenvalue weighted by Crippen LogP contribution is 2.33. The second-order valence-electron chi connectivity index (χ2n) is 6.15. The third-order valence-electron chi connectivity index (χ3n) is 3.72. The van der Waals surface area contributed by atoms with Crippen LogP contribution in [0.5, 0.6) is 0 Å². The molecule has 126 valence electrons. The van der Waals surface area contributed by atoms with Gasteiger partial charge in [-0.2, -0.15) is 0 Å². The second kappa shape index (κ2) is 6.86. The first-order chi connectivity index (χ1) is 11.5. The third-order valence-corrected chi connectivity index (χ3v) is 5.51. The summed E-state index contributed by atoms with van der Waals surface area (Å²) < 4.78 is 1.41. The lowest BCUT2D eigenvalue weighted by Gasteiger charge is -2.19. The summed E-state index contributed by atoms with van der Waals surface area (Å²) in [5.74, 6) is 0.304. The molecule has 0 aliphatic carbocycles. The fraction of sp³-hybridized carbons (Fsp3) is 0.353. The first-order valence-electron chi connectivity index (χ1n) is 7.72. The molecule has 0 fully saturated rings. The van der Waals surface area contributed by atoms with Crippen LogP contribution in [0.25, 0.3) is 20.7 Å². The fourth-order valence-electron chi connectivity index (χ4n) is 2.61. The Morgan fingerprint density at radius 1 is 1.38 bits per heavy atom. The van der Waals surface area contributed by atoms with Gasteiger partial charge in [0.2, 0.25) is 5.91 Å². The van der Waals surface area contributed by atoms with Crippen molar-refractivity contribution in [1.82, 2.24) is 14.5 Å².